The summed E-state index contributed by atoms with van der Waals surface area (Å²) >= 11 is 10.6. The van der Waals surface area contributed by atoms with E-state index in [1.54, 1.807) is 11.1 Å². The Morgan fingerprint density at radius 2 is 1.93 bits per heavy atom. The summed E-state index contributed by atoms with van der Waals surface area (Å²) < 4.78 is 0.351. The number of thioether (sulfide) groups is 2. The molecular weight excluding hydrogens is 408 g/mol. The number of carboxylic acid groups (broad SMARTS) is 1. The summed E-state index contributed by atoms with van der Waals surface area (Å²) in [6.07, 6.45) is 13.0. The molecule has 28 heavy (non-hydrogen) atoms. The van der Waals surface area contributed by atoms with Crippen LogP contribution in [0.2, 0.25) is 0 Å². The molecule has 1 aliphatic heterocycles. The van der Waals surface area contributed by atoms with Gasteiger partial charge in [-0.25, -0.2) is 4.79 Å². The van der Waals surface area contributed by atoms with Crippen LogP contribution in [-0.4, -0.2) is 26.7 Å². The van der Waals surface area contributed by atoms with Gasteiger partial charge in [0.15, 0.2) is 0 Å². The van der Waals surface area contributed by atoms with Gasteiger partial charge in [0.2, 0.25) is 0 Å². The molecule has 2 saturated carbocycles. The zero-order valence-electron chi connectivity index (χ0n) is 16.7. The summed E-state index contributed by atoms with van der Waals surface area (Å²) in [6, 6.07) is 0. The maximum Gasteiger partial charge on any atom is 0.347 e. The van der Waals surface area contributed by atoms with E-state index in [9.17, 15) is 9.90 Å². The summed E-state index contributed by atoms with van der Waals surface area (Å²) in [7, 11) is 0. The molecule has 0 aromatic heterocycles. The van der Waals surface area contributed by atoms with Crippen molar-refractivity contribution in [1.29, 1.82) is 0 Å². The van der Waals surface area contributed by atoms with E-state index in [0.717, 1.165) is 24.8 Å². The Morgan fingerprint density at radius 1 is 1.18 bits per heavy atom. The smallest absolute Gasteiger partial charge is 0.347 e. The molecule has 4 atom stereocenters. The number of fused-ring (bicyclic) bond motifs is 5. The Hall–Kier alpha value is -0.320. The van der Waals surface area contributed by atoms with Crippen molar-refractivity contribution in [2.24, 2.45) is 22.7 Å². The summed E-state index contributed by atoms with van der Waals surface area (Å²) in [6.45, 7) is 4.76. The van der Waals surface area contributed by atoms with Crippen molar-refractivity contribution in [3.63, 3.8) is 0 Å². The van der Waals surface area contributed by atoms with Gasteiger partial charge in [0.05, 0.1) is 4.08 Å². The summed E-state index contributed by atoms with van der Waals surface area (Å²) in [5.74, 6) is 2.75. The Balaban J connectivity index is 1.52. The Kier molecular flexibility index (Phi) is 4.62. The molecule has 0 aromatic rings. The molecule has 0 amide bonds. The minimum Gasteiger partial charge on any atom is -0.477 e. The highest BCUT2D eigenvalue weighted by atomic mass is 35.5. The second-order valence-electron chi connectivity index (χ2n) is 9.68. The Morgan fingerprint density at radius 3 is 2.64 bits per heavy atom. The van der Waals surface area contributed by atoms with Crippen molar-refractivity contribution in [1.82, 2.24) is 0 Å². The third-order valence-corrected chi connectivity index (χ3v) is 12.3. The summed E-state index contributed by atoms with van der Waals surface area (Å²) in [5.41, 5.74) is 4.50. The molecule has 1 heterocycles. The lowest BCUT2D eigenvalue weighted by atomic mass is 9.51. The van der Waals surface area contributed by atoms with Crippen LogP contribution in [0.1, 0.15) is 58.8 Å². The fraction of sp³-hybridized carbons (Fsp3) is 0.696. The van der Waals surface area contributed by atoms with E-state index in [4.69, 9.17) is 11.6 Å². The van der Waals surface area contributed by atoms with E-state index in [-0.39, 0.29) is 15.9 Å². The molecule has 1 N–H and O–H groups in total. The van der Waals surface area contributed by atoms with Crippen LogP contribution in [0.25, 0.3) is 0 Å². The molecular formula is C23H29ClO2S2. The standard InChI is InChI=1S/C23H29ClO2S2/c1-21-9-10-23(27-11-12-28-23)13-14(21)3-4-15-16-5-6-18(19(24)20(25)26)22(16,2)8-7-17(15)21/h7,13,15-16H,3-6,8-12H2,1-2H3,(H,25,26)/t15-,16-,21-,22-/m0/s1. The maximum atomic E-state index is 11.5. The normalized spacial score (nSPS) is 43.0. The van der Waals surface area contributed by atoms with Crippen molar-refractivity contribution in [2.75, 3.05) is 11.5 Å². The average Bonchev–Trinajstić information content (AvgIpc) is 3.26. The van der Waals surface area contributed by atoms with Crippen LogP contribution in [0.5, 0.6) is 0 Å². The van der Waals surface area contributed by atoms with Gasteiger partial charge in [-0.05, 0) is 67.8 Å². The lowest BCUT2D eigenvalue weighted by molar-refractivity contribution is -0.132. The molecule has 5 aliphatic rings. The largest absolute Gasteiger partial charge is 0.477 e. The third kappa shape index (κ3) is 2.66. The van der Waals surface area contributed by atoms with Crippen molar-refractivity contribution in [3.8, 4) is 0 Å². The molecule has 0 aromatic carbocycles. The van der Waals surface area contributed by atoms with Crippen molar-refractivity contribution >= 4 is 41.1 Å². The van der Waals surface area contributed by atoms with Crippen LogP contribution in [0, 0.1) is 22.7 Å². The molecule has 0 unspecified atom stereocenters. The van der Waals surface area contributed by atoms with Crippen LogP contribution in [0.3, 0.4) is 0 Å². The lowest BCUT2D eigenvalue weighted by Crippen LogP contribution is -2.44. The molecule has 3 fully saturated rings. The van der Waals surface area contributed by atoms with E-state index in [1.165, 1.54) is 37.2 Å². The lowest BCUT2D eigenvalue weighted by Gasteiger charge is -2.54. The van der Waals surface area contributed by atoms with Gasteiger partial charge >= 0.3 is 5.97 Å². The number of rotatable bonds is 1. The van der Waals surface area contributed by atoms with Crippen LogP contribution in [0.15, 0.2) is 33.9 Å². The fourth-order valence-corrected chi connectivity index (χ4v) is 10.4. The Bertz CT molecular complexity index is 822. The predicted molar refractivity (Wildman–Crippen MR) is 120 cm³/mol. The number of allylic oxidation sites excluding steroid dienone is 4. The highest BCUT2D eigenvalue weighted by molar-refractivity contribution is 8.21. The number of carbonyl (C=O) groups is 1. The van der Waals surface area contributed by atoms with Gasteiger partial charge in [0, 0.05) is 16.9 Å². The number of carboxylic acids is 1. The van der Waals surface area contributed by atoms with Gasteiger partial charge in [-0.1, -0.05) is 48.7 Å². The minimum atomic E-state index is -0.960. The topological polar surface area (TPSA) is 37.3 Å². The van der Waals surface area contributed by atoms with Crippen LogP contribution in [0.4, 0.5) is 0 Å². The minimum absolute atomic E-state index is 0.0751. The van der Waals surface area contributed by atoms with Crippen LogP contribution >= 0.6 is 35.1 Å². The molecule has 5 heteroatoms. The SMILES string of the molecule is C[C@]12CCC3(C=C1CC[C@@H]1C2=CC[C@]2(C)C(=C(Cl)C(=O)O)CC[C@@H]12)SCCS3. The van der Waals surface area contributed by atoms with E-state index < -0.39 is 5.97 Å². The van der Waals surface area contributed by atoms with E-state index >= 15 is 0 Å². The van der Waals surface area contributed by atoms with Gasteiger partial charge in [-0.15, -0.1) is 23.5 Å². The highest BCUT2D eigenvalue weighted by Crippen LogP contribution is 2.67. The van der Waals surface area contributed by atoms with Gasteiger partial charge < -0.3 is 5.11 Å². The molecule has 4 aliphatic carbocycles. The Labute approximate surface area is 181 Å². The first kappa shape index (κ1) is 19.6. The van der Waals surface area contributed by atoms with Crippen LogP contribution in [-0.2, 0) is 4.79 Å². The zero-order valence-corrected chi connectivity index (χ0v) is 19.1. The zero-order chi connectivity index (χ0) is 19.7. The molecule has 5 rings (SSSR count). The van der Waals surface area contributed by atoms with Crippen molar-refractivity contribution < 1.29 is 9.90 Å². The molecule has 152 valence electrons. The van der Waals surface area contributed by atoms with E-state index in [2.05, 4.69) is 49.5 Å². The summed E-state index contributed by atoms with van der Waals surface area (Å²) in [5, 5.41) is 9.54. The van der Waals surface area contributed by atoms with Crippen molar-refractivity contribution in [3.05, 3.63) is 33.9 Å². The quantitative estimate of drug-likeness (QED) is 0.370. The first-order valence-electron chi connectivity index (χ1n) is 10.6. The monoisotopic (exact) mass is 436 g/mol. The van der Waals surface area contributed by atoms with E-state index in [0.29, 0.717) is 15.9 Å². The second-order valence-corrected chi connectivity index (χ2v) is 13.2. The van der Waals surface area contributed by atoms with E-state index in [1.807, 2.05) is 0 Å². The first-order chi connectivity index (χ1) is 13.3. The first-order valence-corrected chi connectivity index (χ1v) is 13.0. The summed E-state index contributed by atoms with van der Waals surface area (Å²) in [4.78, 5) is 11.5. The van der Waals surface area contributed by atoms with Crippen LogP contribution < -0.4 is 0 Å². The third-order valence-electron chi connectivity index (χ3n) is 8.51. The van der Waals surface area contributed by atoms with Gasteiger partial charge in [-0.2, -0.15) is 0 Å². The number of hydrogen-bond donors (Lipinski definition) is 1. The van der Waals surface area contributed by atoms with Crippen molar-refractivity contribution in [2.45, 2.75) is 62.9 Å². The number of aliphatic carboxylic acids is 1. The molecule has 2 nitrogen and oxygen atoms in total. The predicted octanol–water partition coefficient (Wildman–Crippen LogP) is 6.62. The molecule has 1 spiro atoms. The maximum absolute atomic E-state index is 11.5. The number of hydrogen-bond acceptors (Lipinski definition) is 3. The number of halogens is 1. The van der Waals surface area contributed by atoms with Gasteiger partial charge in [0.25, 0.3) is 0 Å². The second kappa shape index (κ2) is 6.59. The molecule has 0 bridgehead atoms. The molecule has 1 saturated heterocycles. The fourth-order valence-electron chi connectivity index (χ4n) is 6.99. The average molecular weight is 437 g/mol. The van der Waals surface area contributed by atoms with Gasteiger partial charge in [-0.3, -0.25) is 0 Å². The highest BCUT2D eigenvalue weighted by Gasteiger charge is 2.56. The molecule has 0 radical (unpaired) electrons. The van der Waals surface area contributed by atoms with Gasteiger partial charge in [0.1, 0.15) is 5.03 Å².